The summed E-state index contributed by atoms with van der Waals surface area (Å²) in [6.45, 7) is 9.96. The van der Waals surface area contributed by atoms with Gasteiger partial charge in [-0.15, -0.1) is 11.3 Å². The van der Waals surface area contributed by atoms with Gasteiger partial charge in [0.1, 0.15) is 16.5 Å². The Bertz CT molecular complexity index is 1020. The summed E-state index contributed by atoms with van der Waals surface area (Å²) in [4.78, 5) is 23.3. The van der Waals surface area contributed by atoms with Gasteiger partial charge in [0.25, 0.3) is 5.91 Å². The predicted molar refractivity (Wildman–Crippen MR) is 108 cm³/mol. The number of aromatic nitrogens is 2. The molecule has 0 aliphatic rings. The van der Waals surface area contributed by atoms with E-state index in [2.05, 4.69) is 52.0 Å². The number of nitrogens with one attached hydrogen (secondary N) is 1. The smallest absolute Gasteiger partial charge is 0.266 e. The molecule has 26 heavy (non-hydrogen) atoms. The number of carbonyl (C=O) groups is 1. The minimum atomic E-state index is -0.488. The maximum absolute atomic E-state index is 14.0. The number of thiophene rings is 1. The van der Waals surface area contributed by atoms with Crippen LogP contribution in [0.3, 0.4) is 0 Å². The first-order chi connectivity index (χ1) is 12.1. The van der Waals surface area contributed by atoms with Crippen molar-refractivity contribution in [3.05, 3.63) is 50.4 Å². The van der Waals surface area contributed by atoms with Gasteiger partial charge in [0.05, 0.1) is 16.3 Å². The zero-order valence-corrected chi connectivity index (χ0v) is 17.6. The van der Waals surface area contributed by atoms with E-state index in [4.69, 9.17) is 0 Å². The molecule has 1 N–H and O–H groups in total. The molecular formula is C19H19BrFN3OS. The summed E-state index contributed by atoms with van der Waals surface area (Å²) in [7, 11) is 0. The third-order valence-corrected chi connectivity index (χ3v) is 5.71. The number of halogens is 2. The molecule has 0 aliphatic heterocycles. The lowest BCUT2D eigenvalue weighted by atomic mass is 9.95. The molecular weight excluding hydrogens is 417 g/mol. The van der Waals surface area contributed by atoms with Gasteiger partial charge < -0.3 is 5.32 Å². The topological polar surface area (TPSA) is 54.9 Å². The lowest BCUT2D eigenvalue weighted by Gasteiger charge is -2.16. The minimum Gasteiger partial charge on any atom is -0.319 e. The third kappa shape index (κ3) is 3.50. The molecule has 0 radical (unpaired) electrons. The Labute approximate surface area is 164 Å². The van der Waals surface area contributed by atoms with Gasteiger partial charge in [-0.1, -0.05) is 36.7 Å². The Morgan fingerprint density at radius 1 is 1.23 bits per heavy atom. The number of aryl methyl sites for hydroxylation is 2. The summed E-state index contributed by atoms with van der Waals surface area (Å²) in [5.41, 5.74) is 1.63. The Kier molecular flexibility index (Phi) is 4.88. The Hall–Kier alpha value is -1.86. The fourth-order valence-corrected chi connectivity index (χ4v) is 4.12. The number of fused-ring (bicyclic) bond motifs is 1. The zero-order chi connectivity index (χ0) is 19.2. The molecule has 2 heterocycles. The van der Waals surface area contributed by atoms with E-state index in [1.165, 1.54) is 23.5 Å². The molecule has 136 valence electrons. The normalized spacial score (nSPS) is 11.8. The number of anilines is 1. The van der Waals surface area contributed by atoms with Gasteiger partial charge in [0.2, 0.25) is 0 Å². The molecule has 0 saturated carbocycles. The average Bonchev–Trinajstić information content (AvgIpc) is 2.87. The van der Waals surface area contributed by atoms with Gasteiger partial charge in [0.15, 0.2) is 0 Å². The highest BCUT2D eigenvalue weighted by Gasteiger charge is 2.23. The van der Waals surface area contributed by atoms with Crippen molar-refractivity contribution < 1.29 is 9.18 Å². The number of carbonyl (C=O) groups excluding carboxylic acids is 1. The Morgan fingerprint density at radius 3 is 2.54 bits per heavy atom. The monoisotopic (exact) mass is 435 g/mol. The fraction of sp³-hybridized carbons (Fsp3) is 0.316. The minimum absolute atomic E-state index is 0.147. The number of rotatable bonds is 2. The van der Waals surface area contributed by atoms with Crippen molar-refractivity contribution in [1.29, 1.82) is 0 Å². The van der Waals surface area contributed by atoms with Crippen LogP contribution in [0.1, 0.15) is 47.5 Å². The summed E-state index contributed by atoms with van der Waals surface area (Å²) in [5.74, 6) is -0.0874. The zero-order valence-electron chi connectivity index (χ0n) is 15.2. The molecule has 0 spiro atoms. The third-order valence-electron chi connectivity index (χ3n) is 4.03. The number of amides is 1. The number of hydrogen-bond donors (Lipinski definition) is 1. The molecule has 0 fully saturated rings. The van der Waals surface area contributed by atoms with E-state index in [0.29, 0.717) is 9.35 Å². The second kappa shape index (κ2) is 6.70. The van der Waals surface area contributed by atoms with Gasteiger partial charge in [-0.05, 0) is 37.6 Å². The van der Waals surface area contributed by atoms with Crippen LogP contribution in [0.4, 0.5) is 10.1 Å². The maximum Gasteiger partial charge on any atom is 0.266 e. The largest absolute Gasteiger partial charge is 0.319 e. The maximum atomic E-state index is 14.0. The van der Waals surface area contributed by atoms with Crippen LogP contribution in [0.5, 0.6) is 0 Å². The molecule has 4 nitrogen and oxygen atoms in total. The summed E-state index contributed by atoms with van der Waals surface area (Å²) >= 11 is 4.52. The van der Waals surface area contributed by atoms with Crippen molar-refractivity contribution in [2.75, 3.05) is 5.32 Å². The second-order valence-electron chi connectivity index (χ2n) is 7.20. The van der Waals surface area contributed by atoms with Gasteiger partial charge in [-0.25, -0.2) is 14.4 Å². The molecule has 1 aromatic carbocycles. The summed E-state index contributed by atoms with van der Waals surface area (Å²) in [6.07, 6.45) is 0. The molecule has 7 heteroatoms. The first-order valence-corrected chi connectivity index (χ1v) is 9.73. The van der Waals surface area contributed by atoms with E-state index in [1.807, 2.05) is 13.8 Å². The van der Waals surface area contributed by atoms with Gasteiger partial charge in [-0.2, -0.15) is 0 Å². The van der Waals surface area contributed by atoms with Crippen molar-refractivity contribution in [3.63, 3.8) is 0 Å². The van der Waals surface area contributed by atoms with E-state index in [-0.39, 0.29) is 17.0 Å². The fourth-order valence-electron chi connectivity index (χ4n) is 2.66. The van der Waals surface area contributed by atoms with Crippen molar-refractivity contribution in [2.24, 2.45) is 0 Å². The second-order valence-corrected chi connectivity index (χ2v) is 9.11. The molecule has 0 saturated heterocycles. The Balaban J connectivity index is 2.03. The molecule has 3 aromatic rings. The quantitative estimate of drug-likeness (QED) is 0.556. The van der Waals surface area contributed by atoms with Crippen LogP contribution < -0.4 is 5.32 Å². The highest BCUT2D eigenvalue weighted by Crippen LogP contribution is 2.33. The van der Waals surface area contributed by atoms with Gasteiger partial charge in [0, 0.05) is 15.3 Å². The van der Waals surface area contributed by atoms with Crippen molar-refractivity contribution >= 4 is 49.1 Å². The molecule has 0 bridgehead atoms. The lowest BCUT2D eigenvalue weighted by molar-refractivity contribution is 0.102. The molecule has 0 aliphatic carbocycles. The van der Waals surface area contributed by atoms with E-state index in [9.17, 15) is 9.18 Å². The summed E-state index contributed by atoms with van der Waals surface area (Å²) in [5, 5.41) is 3.54. The first kappa shape index (κ1) is 18.9. The van der Waals surface area contributed by atoms with Crippen molar-refractivity contribution in [3.8, 4) is 0 Å². The van der Waals surface area contributed by atoms with Crippen LogP contribution in [0.15, 0.2) is 22.7 Å². The van der Waals surface area contributed by atoms with Crippen LogP contribution in [0, 0.1) is 19.7 Å². The molecule has 1 amide bonds. The van der Waals surface area contributed by atoms with Crippen LogP contribution in [-0.4, -0.2) is 15.9 Å². The number of hydrogen-bond acceptors (Lipinski definition) is 4. The van der Waals surface area contributed by atoms with Gasteiger partial charge >= 0.3 is 0 Å². The number of benzene rings is 1. The molecule has 3 rings (SSSR count). The SMILES string of the molecule is Cc1nc(C(C)(C)C)nc2sc(C(=O)Nc3ccc(Br)cc3F)c(C)c12. The Morgan fingerprint density at radius 2 is 1.92 bits per heavy atom. The van der Waals surface area contributed by atoms with Crippen LogP contribution in [0.25, 0.3) is 10.2 Å². The highest BCUT2D eigenvalue weighted by molar-refractivity contribution is 9.10. The summed E-state index contributed by atoms with van der Waals surface area (Å²) < 4.78 is 14.6. The van der Waals surface area contributed by atoms with E-state index in [0.717, 1.165) is 27.3 Å². The van der Waals surface area contributed by atoms with E-state index < -0.39 is 5.82 Å². The highest BCUT2D eigenvalue weighted by atomic mass is 79.9. The van der Waals surface area contributed by atoms with Crippen LogP contribution in [-0.2, 0) is 5.41 Å². The first-order valence-electron chi connectivity index (χ1n) is 8.12. The predicted octanol–water partition coefficient (Wildman–Crippen LogP) is 5.76. The van der Waals surface area contributed by atoms with Gasteiger partial charge in [-0.3, -0.25) is 4.79 Å². The average molecular weight is 436 g/mol. The lowest BCUT2D eigenvalue weighted by Crippen LogP contribution is -2.16. The number of nitrogens with zero attached hydrogens (tertiary/aromatic N) is 2. The van der Waals surface area contributed by atoms with Crippen LogP contribution >= 0.6 is 27.3 Å². The van der Waals surface area contributed by atoms with Crippen LogP contribution in [0.2, 0.25) is 0 Å². The van der Waals surface area contributed by atoms with E-state index >= 15 is 0 Å². The van der Waals surface area contributed by atoms with E-state index in [1.54, 1.807) is 6.07 Å². The standard InChI is InChI=1S/C19H19BrFN3OS/c1-9-14-10(2)22-18(19(3,4)5)24-17(14)26-15(9)16(25)23-13-7-6-11(20)8-12(13)21/h6-8H,1-5H3,(H,23,25). The molecule has 0 atom stereocenters. The summed E-state index contributed by atoms with van der Waals surface area (Å²) in [6, 6.07) is 4.53. The molecule has 2 aromatic heterocycles. The van der Waals surface area contributed by atoms with Crippen molar-refractivity contribution in [2.45, 2.75) is 40.0 Å². The molecule has 0 unspecified atom stereocenters. The van der Waals surface area contributed by atoms with Crippen molar-refractivity contribution in [1.82, 2.24) is 9.97 Å².